The van der Waals surface area contributed by atoms with Gasteiger partial charge in [0.1, 0.15) is 6.61 Å². The number of ether oxygens (including phenoxy) is 2. The molecule has 2 N–H and O–H groups in total. The summed E-state index contributed by atoms with van der Waals surface area (Å²) in [7, 11) is 1.43. The van der Waals surface area contributed by atoms with Crippen LogP contribution in [0.15, 0.2) is 18.2 Å². The van der Waals surface area contributed by atoms with Crippen molar-refractivity contribution in [3.8, 4) is 0 Å². The second-order valence-electron chi connectivity index (χ2n) is 3.43. The number of halogens is 3. The number of alkyl halides is 3. The molecule has 0 saturated carbocycles. The molecule has 0 aliphatic heterocycles. The number of esters is 1. The molecule has 18 heavy (non-hydrogen) atoms. The van der Waals surface area contributed by atoms with Crippen LogP contribution in [-0.4, -0.2) is 26.3 Å². The molecule has 0 radical (unpaired) electrons. The van der Waals surface area contributed by atoms with Crippen LogP contribution in [0.3, 0.4) is 0 Å². The smallest absolute Gasteiger partial charge is 0.416 e. The highest BCUT2D eigenvalue weighted by atomic mass is 19.4. The lowest BCUT2D eigenvalue weighted by Gasteiger charge is -2.10. The first-order valence-electron chi connectivity index (χ1n) is 4.99. The fourth-order valence-corrected chi connectivity index (χ4v) is 1.22. The third-order valence-electron chi connectivity index (χ3n) is 2.12. The fourth-order valence-electron chi connectivity index (χ4n) is 1.22. The number of methoxy groups -OCH3 is 1. The van der Waals surface area contributed by atoms with Crippen molar-refractivity contribution >= 4 is 11.7 Å². The number of nitrogen functional groups attached to an aromatic ring is 1. The molecular weight excluding hydrogens is 251 g/mol. The van der Waals surface area contributed by atoms with E-state index in [1.165, 1.54) is 7.11 Å². The lowest BCUT2D eigenvalue weighted by Crippen LogP contribution is -2.13. The minimum Gasteiger partial charge on any atom is -0.460 e. The fraction of sp³-hybridized carbons (Fsp3) is 0.364. The number of hydrogen-bond donors (Lipinski definition) is 1. The second-order valence-corrected chi connectivity index (χ2v) is 3.43. The Morgan fingerprint density at radius 2 is 2.00 bits per heavy atom. The van der Waals surface area contributed by atoms with Crippen molar-refractivity contribution in [2.24, 2.45) is 0 Å². The summed E-state index contributed by atoms with van der Waals surface area (Å²) in [6.07, 6.45) is -4.49. The van der Waals surface area contributed by atoms with Crippen LogP contribution < -0.4 is 5.73 Å². The molecule has 0 aliphatic carbocycles. The van der Waals surface area contributed by atoms with Gasteiger partial charge in [-0.15, -0.1) is 0 Å². The minimum absolute atomic E-state index is 0.00972. The summed E-state index contributed by atoms with van der Waals surface area (Å²) in [6.45, 7) is 0.210. The topological polar surface area (TPSA) is 61.5 Å². The van der Waals surface area contributed by atoms with Crippen LogP contribution in [0.1, 0.15) is 15.9 Å². The van der Waals surface area contributed by atoms with Crippen LogP contribution in [0, 0.1) is 0 Å². The predicted octanol–water partition coefficient (Wildman–Crippen LogP) is 2.09. The molecule has 1 aromatic carbocycles. The molecule has 0 heterocycles. The van der Waals surface area contributed by atoms with Gasteiger partial charge in [-0.05, 0) is 18.2 Å². The molecule has 0 spiro atoms. The molecule has 0 aromatic heterocycles. The van der Waals surface area contributed by atoms with Gasteiger partial charge in [-0.2, -0.15) is 13.2 Å². The molecule has 1 rings (SSSR count). The highest BCUT2D eigenvalue weighted by Gasteiger charge is 2.31. The summed E-state index contributed by atoms with van der Waals surface area (Å²) in [5, 5.41) is 0. The molecule has 1 aromatic rings. The van der Waals surface area contributed by atoms with Crippen molar-refractivity contribution in [2.75, 3.05) is 26.1 Å². The standard InChI is InChI=1S/C11H12F3NO3/c1-17-4-5-18-10(16)8-3-2-7(6-9(8)15)11(12,13)14/h2-3,6H,4-5,15H2,1H3. The van der Waals surface area contributed by atoms with E-state index in [2.05, 4.69) is 4.74 Å². The molecule has 0 atom stereocenters. The van der Waals surface area contributed by atoms with Gasteiger partial charge >= 0.3 is 12.1 Å². The summed E-state index contributed by atoms with van der Waals surface area (Å²) in [5.41, 5.74) is 4.11. The van der Waals surface area contributed by atoms with Crippen molar-refractivity contribution in [1.82, 2.24) is 0 Å². The van der Waals surface area contributed by atoms with Crippen molar-refractivity contribution < 1.29 is 27.4 Å². The van der Waals surface area contributed by atoms with E-state index in [1.54, 1.807) is 0 Å². The second kappa shape index (κ2) is 5.72. The van der Waals surface area contributed by atoms with E-state index in [0.29, 0.717) is 6.07 Å². The molecular formula is C11H12F3NO3. The van der Waals surface area contributed by atoms with Gasteiger partial charge in [-0.1, -0.05) is 0 Å². The van der Waals surface area contributed by atoms with Gasteiger partial charge in [0.2, 0.25) is 0 Å². The quantitative estimate of drug-likeness (QED) is 0.513. The Balaban J connectivity index is 2.82. The van der Waals surface area contributed by atoms with Crippen LogP contribution in [-0.2, 0) is 15.7 Å². The van der Waals surface area contributed by atoms with Gasteiger partial charge in [0, 0.05) is 12.8 Å². The average Bonchev–Trinajstić information content (AvgIpc) is 2.27. The first-order chi connectivity index (χ1) is 8.36. The average molecular weight is 263 g/mol. The Hall–Kier alpha value is -1.76. The Kier molecular flexibility index (Phi) is 4.55. The van der Waals surface area contributed by atoms with Gasteiger partial charge in [-0.3, -0.25) is 0 Å². The zero-order chi connectivity index (χ0) is 13.8. The van der Waals surface area contributed by atoms with Gasteiger partial charge in [-0.25, -0.2) is 4.79 Å². The SMILES string of the molecule is COCCOC(=O)c1ccc(C(F)(F)F)cc1N. The number of rotatable bonds is 4. The Labute approximate surface area is 101 Å². The molecule has 7 heteroatoms. The third kappa shape index (κ3) is 3.63. The Bertz CT molecular complexity index is 432. The van der Waals surface area contributed by atoms with Crippen LogP contribution in [0.2, 0.25) is 0 Å². The normalized spacial score (nSPS) is 11.3. The van der Waals surface area contributed by atoms with Crippen LogP contribution in [0.4, 0.5) is 18.9 Å². The molecule has 0 saturated heterocycles. The highest BCUT2D eigenvalue weighted by molar-refractivity contribution is 5.95. The third-order valence-corrected chi connectivity index (χ3v) is 2.12. The van der Waals surface area contributed by atoms with Crippen LogP contribution in [0.25, 0.3) is 0 Å². The highest BCUT2D eigenvalue weighted by Crippen LogP contribution is 2.31. The van der Waals surface area contributed by atoms with Crippen LogP contribution in [0.5, 0.6) is 0 Å². The van der Waals surface area contributed by atoms with E-state index in [9.17, 15) is 18.0 Å². The van der Waals surface area contributed by atoms with Crippen molar-refractivity contribution in [3.63, 3.8) is 0 Å². The number of carbonyl (C=O) groups excluding carboxylic acids is 1. The first-order valence-corrected chi connectivity index (χ1v) is 4.99. The Morgan fingerprint density at radius 1 is 1.33 bits per heavy atom. The minimum atomic E-state index is -4.49. The van der Waals surface area contributed by atoms with Gasteiger partial charge in [0.25, 0.3) is 0 Å². The molecule has 100 valence electrons. The number of anilines is 1. The zero-order valence-electron chi connectivity index (χ0n) is 9.58. The molecule has 0 unspecified atom stereocenters. The molecule has 0 fully saturated rings. The number of nitrogens with two attached hydrogens (primary N) is 1. The van der Waals surface area contributed by atoms with E-state index >= 15 is 0 Å². The number of carbonyl (C=O) groups is 1. The predicted molar refractivity (Wildman–Crippen MR) is 58.0 cm³/mol. The Morgan fingerprint density at radius 3 is 2.50 bits per heavy atom. The maximum Gasteiger partial charge on any atom is 0.416 e. The summed E-state index contributed by atoms with van der Waals surface area (Å²) < 4.78 is 46.5. The van der Waals surface area contributed by atoms with Crippen molar-refractivity contribution in [1.29, 1.82) is 0 Å². The maximum absolute atomic E-state index is 12.4. The first kappa shape index (κ1) is 14.3. The van der Waals surface area contributed by atoms with Gasteiger partial charge < -0.3 is 15.2 Å². The summed E-state index contributed by atoms with van der Waals surface area (Å²) in [4.78, 5) is 11.5. The van der Waals surface area contributed by atoms with Crippen LogP contribution >= 0.6 is 0 Å². The lowest BCUT2D eigenvalue weighted by atomic mass is 10.1. The summed E-state index contributed by atoms with van der Waals surface area (Å²) >= 11 is 0. The summed E-state index contributed by atoms with van der Waals surface area (Å²) in [5.74, 6) is -0.779. The number of benzene rings is 1. The van der Waals surface area contributed by atoms with Gasteiger partial charge in [0.05, 0.1) is 17.7 Å². The lowest BCUT2D eigenvalue weighted by molar-refractivity contribution is -0.137. The van der Waals surface area contributed by atoms with E-state index in [1.807, 2.05) is 0 Å². The monoisotopic (exact) mass is 263 g/mol. The van der Waals surface area contributed by atoms with E-state index in [-0.39, 0.29) is 24.5 Å². The molecule has 0 aliphatic rings. The largest absolute Gasteiger partial charge is 0.460 e. The van der Waals surface area contributed by atoms with E-state index < -0.39 is 17.7 Å². The van der Waals surface area contributed by atoms with E-state index in [4.69, 9.17) is 10.5 Å². The van der Waals surface area contributed by atoms with Crippen molar-refractivity contribution in [2.45, 2.75) is 6.18 Å². The molecule has 4 nitrogen and oxygen atoms in total. The number of hydrogen-bond acceptors (Lipinski definition) is 4. The maximum atomic E-state index is 12.4. The van der Waals surface area contributed by atoms with Gasteiger partial charge in [0.15, 0.2) is 0 Å². The van der Waals surface area contributed by atoms with E-state index in [0.717, 1.165) is 12.1 Å². The molecule has 0 amide bonds. The summed E-state index contributed by atoms with van der Waals surface area (Å²) in [6, 6.07) is 2.48. The zero-order valence-corrected chi connectivity index (χ0v) is 9.58. The molecule has 0 bridgehead atoms. The van der Waals surface area contributed by atoms with Crippen molar-refractivity contribution in [3.05, 3.63) is 29.3 Å².